The maximum atomic E-state index is 12.5. The summed E-state index contributed by atoms with van der Waals surface area (Å²) >= 11 is 0. The SMILES string of the molecule is Cc1cc2c(cc1C)C(OS(=O)(=O)C(F)(F)F)=CCCC2. The summed E-state index contributed by atoms with van der Waals surface area (Å²) in [5.74, 6) is -0.233. The standard InChI is InChI=1S/C14H15F3O3S/c1-9-7-11-5-3-4-6-13(12(11)8-10(9)2)20-21(18,19)14(15,16)17/h6-8H,3-5H2,1-2H3. The van der Waals surface area contributed by atoms with E-state index in [1.165, 1.54) is 6.08 Å². The number of halogens is 3. The molecular weight excluding hydrogens is 305 g/mol. The first-order chi connectivity index (χ1) is 9.62. The Balaban J connectivity index is 2.48. The highest BCUT2D eigenvalue weighted by Crippen LogP contribution is 2.34. The van der Waals surface area contributed by atoms with E-state index >= 15 is 0 Å². The minimum absolute atomic E-state index is 0.233. The molecule has 1 aromatic rings. The second-order valence-corrected chi connectivity index (χ2v) is 6.58. The zero-order chi connectivity index (χ0) is 15.8. The van der Waals surface area contributed by atoms with E-state index in [1.807, 2.05) is 19.9 Å². The van der Waals surface area contributed by atoms with E-state index in [4.69, 9.17) is 0 Å². The molecule has 116 valence electrons. The van der Waals surface area contributed by atoms with Gasteiger partial charge in [0, 0.05) is 5.56 Å². The van der Waals surface area contributed by atoms with Gasteiger partial charge in [0.05, 0.1) is 0 Å². The molecule has 2 rings (SSSR count). The smallest absolute Gasteiger partial charge is 0.376 e. The van der Waals surface area contributed by atoms with Crippen LogP contribution in [0.2, 0.25) is 0 Å². The van der Waals surface area contributed by atoms with Gasteiger partial charge in [-0.05, 0) is 61.9 Å². The van der Waals surface area contributed by atoms with Gasteiger partial charge in [0.2, 0.25) is 0 Å². The number of aryl methyl sites for hydroxylation is 3. The molecule has 0 unspecified atom stereocenters. The summed E-state index contributed by atoms with van der Waals surface area (Å²) in [6, 6.07) is 3.54. The predicted molar refractivity (Wildman–Crippen MR) is 72.9 cm³/mol. The average Bonchev–Trinajstić information content (AvgIpc) is 2.52. The van der Waals surface area contributed by atoms with Gasteiger partial charge in [-0.3, -0.25) is 0 Å². The van der Waals surface area contributed by atoms with Gasteiger partial charge in [-0.25, -0.2) is 0 Å². The molecule has 0 radical (unpaired) electrons. The molecule has 0 atom stereocenters. The normalized spacial score (nSPS) is 16.0. The molecule has 1 aliphatic rings. The molecule has 1 aromatic carbocycles. The molecule has 0 heterocycles. The van der Waals surface area contributed by atoms with E-state index in [-0.39, 0.29) is 5.76 Å². The number of benzene rings is 1. The van der Waals surface area contributed by atoms with E-state index in [9.17, 15) is 21.6 Å². The zero-order valence-corrected chi connectivity index (χ0v) is 12.4. The van der Waals surface area contributed by atoms with Crippen LogP contribution in [0.3, 0.4) is 0 Å². The Morgan fingerprint density at radius 3 is 2.38 bits per heavy atom. The number of hydrogen-bond donors (Lipinski definition) is 0. The lowest BCUT2D eigenvalue weighted by Crippen LogP contribution is -2.25. The van der Waals surface area contributed by atoms with Crippen LogP contribution in [0.15, 0.2) is 18.2 Å². The fourth-order valence-electron chi connectivity index (χ4n) is 2.19. The molecule has 7 heteroatoms. The first-order valence-corrected chi connectivity index (χ1v) is 7.84. The first kappa shape index (κ1) is 15.9. The lowest BCUT2D eigenvalue weighted by molar-refractivity contribution is -0.0509. The van der Waals surface area contributed by atoms with Crippen molar-refractivity contribution in [1.29, 1.82) is 0 Å². The maximum Gasteiger partial charge on any atom is 0.534 e. The minimum atomic E-state index is -5.65. The van der Waals surface area contributed by atoms with Gasteiger partial charge in [0.25, 0.3) is 0 Å². The largest absolute Gasteiger partial charge is 0.534 e. The number of fused-ring (bicyclic) bond motifs is 1. The van der Waals surface area contributed by atoms with Crippen molar-refractivity contribution < 1.29 is 25.8 Å². The van der Waals surface area contributed by atoms with Crippen molar-refractivity contribution in [3.63, 3.8) is 0 Å². The lowest BCUT2D eigenvalue weighted by Gasteiger charge is -2.15. The van der Waals surface area contributed by atoms with Crippen molar-refractivity contribution in [2.24, 2.45) is 0 Å². The summed E-state index contributed by atoms with van der Waals surface area (Å²) in [6.07, 6.45) is 3.28. The Morgan fingerprint density at radius 2 is 1.76 bits per heavy atom. The fourth-order valence-corrected chi connectivity index (χ4v) is 2.68. The fraction of sp³-hybridized carbons (Fsp3) is 0.429. The maximum absolute atomic E-state index is 12.5. The molecule has 0 fully saturated rings. The second kappa shape index (κ2) is 5.36. The third kappa shape index (κ3) is 3.23. The summed E-state index contributed by atoms with van der Waals surface area (Å²) in [5.41, 5.74) is -2.33. The molecule has 0 aliphatic heterocycles. The van der Waals surface area contributed by atoms with Gasteiger partial charge in [0.1, 0.15) is 5.76 Å². The molecule has 1 aliphatic carbocycles. The van der Waals surface area contributed by atoms with Gasteiger partial charge in [-0.1, -0.05) is 6.07 Å². The molecular formula is C14H15F3O3S. The highest BCUT2D eigenvalue weighted by atomic mass is 32.2. The average molecular weight is 320 g/mol. The van der Waals surface area contributed by atoms with Crippen LogP contribution in [-0.4, -0.2) is 13.9 Å². The van der Waals surface area contributed by atoms with E-state index in [1.54, 1.807) is 6.07 Å². The van der Waals surface area contributed by atoms with Gasteiger partial charge in [-0.2, -0.15) is 21.6 Å². The molecule has 0 saturated carbocycles. The number of rotatable bonds is 2. The Morgan fingerprint density at radius 1 is 1.14 bits per heavy atom. The van der Waals surface area contributed by atoms with Gasteiger partial charge < -0.3 is 4.18 Å². The summed E-state index contributed by atoms with van der Waals surface area (Å²) in [7, 11) is -5.65. The zero-order valence-electron chi connectivity index (χ0n) is 11.6. The molecule has 0 amide bonds. The number of allylic oxidation sites excluding steroid dienone is 1. The highest BCUT2D eigenvalue weighted by molar-refractivity contribution is 7.87. The van der Waals surface area contributed by atoms with Crippen molar-refractivity contribution in [2.45, 2.75) is 38.6 Å². The van der Waals surface area contributed by atoms with Crippen LogP contribution in [-0.2, 0) is 20.7 Å². The van der Waals surface area contributed by atoms with Crippen LogP contribution < -0.4 is 0 Å². The van der Waals surface area contributed by atoms with Crippen LogP contribution in [0.1, 0.15) is 35.1 Å². The van der Waals surface area contributed by atoms with Crippen LogP contribution >= 0.6 is 0 Å². The molecule has 0 N–H and O–H groups in total. The lowest BCUT2D eigenvalue weighted by atomic mass is 9.97. The quantitative estimate of drug-likeness (QED) is 0.614. The molecule has 0 saturated heterocycles. The third-order valence-electron chi connectivity index (χ3n) is 3.45. The topological polar surface area (TPSA) is 43.4 Å². The molecule has 21 heavy (non-hydrogen) atoms. The van der Waals surface area contributed by atoms with Gasteiger partial charge in [0.15, 0.2) is 0 Å². The summed E-state index contributed by atoms with van der Waals surface area (Å²) in [4.78, 5) is 0. The Hall–Kier alpha value is -1.50. The van der Waals surface area contributed by atoms with E-state index in [2.05, 4.69) is 4.18 Å². The summed E-state index contributed by atoms with van der Waals surface area (Å²) < 4.78 is 64.2. The van der Waals surface area contributed by atoms with Crippen LogP contribution in [0, 0.1) is 13.8 Å². The van der Waals surface area contributed by atoms with E-state index < -0.39 is 15.6 Å². The Bertz CT molecular complexity index is 688. The highest BCUT2D eigenvalue weighted by Gasteiger charge is 2.49. The van der Waals surface area contributed by atoms with E-state index in [0.717, 1.165) is 23.1 Å². The summed E-state index contributed by atoms with van der Waals surface area (Å²) in [6.45, 7) is 3.72. The first-order valence-electron chi connectivity index (χ1n) is 6.43. The van der Waals surface area contributed by atoms with Crippen LogP contribution in [0.5, 0.6) is 0 Å². The van der Waals surface area contributed by atoms with Crippen LogP contribution in [0.4, 0.5) is 13.2 Å². The minimum Gasteiger partial charge on any atom is -0.376 e. The Labute approximate surface area is 121 Å². The second-order valence-electron chi connectivity index (χ2n) is 5.04. The van der Waals surface area contributed by atoms with Gasteiger partial charge >= 0.3 is 15.6 Å². The van der Waals surface area contributed by atoms with Crippen molar-refractivity contribution in [3.05, 3.63) is 40.5 Å². The number of hydrogen-bond acceptors (Lipinski definition) is 3. The predicted octanol–water partition coefficient (Wildman–Crippen LogP) is 3.85. The van der Waals surface area contributed by atoms with Gasteiger partial charge in [-0.15, -0.1) is 0 Å². The summed E-state index contributed by atoms with van der Waals surface area (Å²) in [5, 5.41) is 0. The molecule has 3 nitrogen and oxygen atoms in total. The Kier molecular flexibility index (Phi) is 4.06. The molecule has 0 spiro atoms. The monoisotopic (exact) mass is 320 g/mol. The van der Waals surface area contributed by atoms with Crippen LogP contribution in [0.25, 0.3) is 5.76 Å². The van der Waals surface area contributed by atoms with Crippen molar-refractivity contribution in [3.8, 4) is 0 Å². The third-order valence-corrected chi connectivity index (χ3v) is 4.41. The molecule has 0 bridgehead atoms. The van der Waals surface area contributed by atoms with Crippen molar-refractivity contribution >= 4 is 15.9 Å². The van der Waals surface area contributed by atoms with Crippen molar-refractivity contribution in [1.82, 2.24) is 0 Å². The van der Waals surface area contributed by atoms with E-state index in [0.29, 0.717) is 18.4 Å². The van der Waals surface area contributed by atoms with Crippen molar-refractivity contribution in [2.75, 3.05) is 0 Å². The number of alkyl halides is 3. The molecule has 0 aromatic heterocycles.